The van der Waals surface area contributed by atoms with E-state index in [0.717, 1.165) is 44.3 Å². The van der Waals surface area contributed by atoms with Gasteiger partial charge in [-0.15, -0.1) is 0 Å². The molecule has 3 rings (SSSR count). The third-order valence-electron chi connectivity index (χ3n) is 4.71. The highest BCUT2D eigenvalue weighted by molar-refractivity contribution is 5.84. The molecule has 2 aliphatic rings. The Kier molecular flexibility index (Phi) is 5.86. The van der Waals surface area contributed by atoms with Crippen molar-refractivity contribution in [1.29, 1.82) is 0 Å². The van der Waals surface area contributed by atoms with Crippen molar-refractivity contribution in [2.75, 3.05) is 19.6 Å². The summed E-state index contributed by atoms with van der Waals surface area (Å²) in [5, 5.41) is 6.34. The molecule has 2 N–H and O–H groups in total. The van der Waals surface area contributed by atoms with Crippen LogP contribution in [0.4, 0.5) is 0 Å². The molecule has 1 saturated heterocycles. The number of piperidine rings is 1. The second kappa shape index (κ2) is 8.29. The van der Waals surface area contributed by atoms with E-state index >= 15 is 0 Å². The first-order valence-corrected chi connectivity index (χ1v) is 9.10. The van der Waals surface area contributed by atoms with Crippen LogP contribution in [-0.2, 0) is 9.59 Å². The zero-order chi connectivity index (χ0) is 16.8. The van der Waals surface area contributed by atoms with Gasteiger partial charge in [-0.25, -0.2) is 0 Å². The highest BCUT2D eigenvalue weighted by atomic mass is 16.2. The summed E-state index contributed by atoms with van der Waals surface area (Å²) in [4.78, 5) is 26.7. The molecule has 1 aromatic carbocycles. The highest BCUT2D eigenvalue weighted by Crippen LogP contribution is 2.21. The number of hydrogen-bond acceptors (Lipinski definition) is 3. The quantitative estimate of drug-likeness (QED) is 0.804. The van der Waals surface area contributed by atoms with Crippen molar-refractivity contribution in [3.05, 3.63) is 35.9 Å². The van der Waals surface area contributed by atoms with Crippen molar-refractivity contribution >= 4 is 11.8 Å². The van der Waals surface area contributed by atoms with Gasteiger partial charge in [0.2, 0.25) is 11.8 Å². The van der Waals surface area contributed by atoms with Crippen LogP contribution in [0.1, 0.15) is 50.1 Å². The highest BCUT2D eigenvalue weighted by Gasteiger charge is 2.28. The molecule has 0 spiro atoms. The van der Waals surface area contributed by atoms with Crippen LogP contribution >= 0.6 is 0 Å². The number of benzene rings is 1. The first-order valence-electron chi connectivity index (χ1n) is 9.10. The average molecular weight is 329 g/mol. The van der Waals surface area contributed by atoms with Crippen LogP contribution < -0.4 is 10.6 Å². The Balaban J connectivity index is 1.53. The van der Waals surface area contributed by atoms with E-state index < -0.39 is 0 Å². The fraction of sp³-hybridized carbons (Fsp3) is 0.579. The van der Waals surface area contributed by atoms with Gasteiger partial charge < -0.3 is 15.5 Å². The molecule has 5 heteroatoms. The Morgan fingerprint density at radius 3 is 2.46 bits per heavy atom. The van der Waals surface area contributed by atoms with Gasteiger partial charge in [-0.3, -0.25) is 9.59 Å². The normalized spacial score (nSPS) is 18.9. The largest absolute Gasteiger partial charge is 0.352 e. The van der Waals surface area contributed by atoms with Crippen molar-refractivity contribution in [1.82, 2.24) is 15.5 Å². The summed E-state index contributed by atoms with van der Waals surface area (Å²) in [6.07, 6.45) is 6.02. The van der Waals surface area contributed by atoms with Crippen LogP contribution in [0, 0.1) is 0 Å². The van der Waals surface area contributed by atoms with E-state index in [2.05, 4.69) is 10.6 Å². The van der Waals surface area contributed by atoms with Gasteiger partial charge in [0, 0.05) is 32.1 Å². The minimum Gasteiger partial charge on any atom is -0.352 e. The number of carbonyl (C=O) groups is 2. The predicted molar refractivity (Wildman–Crippen MR) is 93.4 cm³/mol. The van der Waals surface area contributed by atoms with E-state index in [1.807, 2.05) is 35.2 Å². The first kappa shape index (κ1) is 17.0. The molecule has 1 aliphatic carbocycles. The van der Waals surface area contributed by atoms with Crippen molar-refractivity contribution < 1.29 is 9.59 Å². The molecule has 1 unspecified atom stereocenters. The molecule has 0 radical (unpaired) electrons. The summed E-state index contributed by atoms with van der Waals surface area (Å²) >= 11 is 0. The number of nitrogens with zero attached hydrogens (tertiary/aromatic N) is 1. The van der Waals surface area contributed by atoms with Crippen molar-refractivity contribution in [3.63, 3.8) is 0 Å². The Bertz CT molecular complexity index is 551. The zero-order valence-electron chi connectivity index (χ0n) is 14.2. The van der Waals surface area contributed by atoms with Crippen LogP contribution in [0.25, 0.3) is 0 Å². The standard InChI is InChI=1S/C19H27N3O2/c23-17(22-13-5-2-6-14-22)11-12-20-18(15-7-3-1-4-8-15)19(24)21-16-9-10-16/h1,3-4,7-8,16,18,20H,2,5-6,9-14H2,(H,21,24). The summed E-state index contributed by atoms with van der Waals surface area (Å²) in [6.45, 7) is 2.28. The summed E-state index contributed by atoms with van der Waals surface area (Å²) in [6, 6.07) is 9.67. The van der Waals surface area contributed by atoms with Crippen molar-refractivity contribution in [3.8, 4) is 0 Å². The fourth-order valence-corrected chi connectivity index (χ4v) is 3.14. The number of rotatable bonds is 7. The third-order valence-corrected chi connectivity index (χ3v) is 4.71. The smallest absolute Gasteiger partial charge is 0.241 e. The Labute approximate surface area is 143 Å². The Hall–Kier alpha value is -1.88. The van der Waals surface area contributed by atoms with Gasteiger partial charge in [0.25, 0.3) is 0 Å². The van der Waals surface area contributed by atoms with Crippen molar-refractivity contribution in [2.45, 2.75) is 50.6 Å². The third kappa shape index (κ3) is 4.81. The first-order chi connectivity index (χ1) is 11.7. The zero-order valence-corrected chi connectivity index (χ0v) is 14.2. The molecule has 1 heterocycles. The molecule has 0 bridgehead atoms. The summed E-state index contributed by atoms with van der Waals surface area (Å²) in [5.41, 5.74) is 0.945. The molecule has 5 nitrogen and oxygen atoms in total. The lowest BCUT2D eigenvalue weighted by molar-refractivity contribution is -0.132. The van der Waals surface area contributed by atoms with Gasteiger partial charge in [-0.05, 0) is 37.7 Å². The maximum atomic E-state index is 12.5. The molecular formula is C19H27N3O2. The summed E-state index contributed by atoms with van der Waals surface area (Å²) in [5.74, 6) is 0.200. The van der Waals surface area contributed by atoms with Gasteiger partial charge in [0.05, 0.1) is 0 Å². The number of nitrogens with one attached hydrogen (secondary N) is 2. The van der Waals surface area contributed by atoms with E-state index in [0.29, 0.717) is 19.0 Å². The van der Waals surface area contributed by atoms with Gasteiger partial charge in [-0.2, -0.15) is 0 Å². The van der Waals surface area contributed by atoms with Gasteiger partial charge in [0.1, 0.15) is 6.04 Å². The number of hydrogen-bond donors (Lipinski definition) is 2. The van der Waals surface area contributed by atoms with Crippen LogP contribution in [0.15, 0.2) is 30.3 Å². The monoisotopic (exact) mass is 329 g/mol. The van der Waals surface area contributed by atoms with Crippen LogP contribution in [-0.4, -0.2) is 42.4 Å². The lowest BCUT2D eigenvalue weighted by atomic mass is 10.1. The summed E-state index contributed by atoms with van der Waals surface area (Å²) < 4.78 is 0. The molecule has 1 atom stereocenters. The molecule has 1 saturated carbocycles. The van der Waals surface area contributed by atoms with Gasteiger partial charge in [-0.1, -0.05) is 30.3 Å². The van der Waals surface area contributed by atoms with Crippen LogP contribution in [0.5, 0.6) is 0 Å². The maximum Gasteiger partial charge on any atom is 0.241 e. The summed E-state index contributed by atoms with van der Waals surface area (Å²) in [7, 11) is 0. The van der Waals surface area contributed by atoms with E-state index in [-0.39, 0.29) is 17.9 Å². The Morgan fingerprint density at radius 2 is 1.79 bits per heavy atom. The topological polar surface area (TPSA) is 61.4 Å². The maximum absolute atomic E-state index is 12.5. The average Bonchev–Trinajstić information content (AvgIpc) is 3.44. The van der Waals surface area contributed by atoms with E-state index in [1.165, 1.54) is 6.42 Å². The SMILES string of the molecule is O=C(NC1CC1)C(NCCC(=O)N1CCCCC1)c1ccccc1. The minimum atomic E-state index is -0.388. The molecule has 24 heavy (non-hydrogen) atoms. The fourth-order valence-electron chi connectivity index (χ4n) is 3.14. The molecule has 2 amide bonds. The predicted octanol–water partition coefficient (Wildman–Crippen LogP) is 2.00. The number of carbonyl (C=O) groups excluding carboxylic acids is 2. The van der Waals surface area contributed by atoms with E-state index in [9.17, 15) is 9.59 Å². The second-order valence-corrected chi connectivity index (χ2v) is 6.77. The molecule has 2 fully saturated rings. The van der Waals surface area contributed by atoms with Crippen molar-refractivity contribution in [2.24, 2.45) is 0 Å². The minimum absolute atomic E-state index is 0.00845. The molecule has 130 valence electrons. The molecule has 1 aromatic rings. The van der Waals surface area contributed by atoms with Crippen LogP contribution in [0.2, 0.25) is 0 Å². The van der Waals surface area contributed by atoms with Crippen LogP contribution in [0.3, 0.4) is 0 Å². The molecule has 0 aromatic heterocycles. The number of likely N-dealkylation sites (tertiary alicyclic amines) is 1. The van der Waals surface area contributed by atoms with E-state index in [4.69, 9.17) is 0 Å². The van der Waals surface area contributed by atoms with E-state index in [1.54, 1.807) is 0 Å². The lowest BCUT2D eigenvalue weighted by Gasteiger charge is -2.27. The molecular weight excluding hydrogens is 302 g/mol. The Morgan fingerprint density at radius 1 is 1.08 bits per heavy atom. The molecule has 1 aliphatic heterocycles. The second-order valence-electron chi connectivity index (χ2n) is 6.77. The number of amides is 2. The van der Waals surface area contributed by atoms with Gasteiger partial charge in [0.15, 0.2) is 0 Å². The lowest BCUT2D eigenvalue weighted by Crippen LogP contribution is -2.41. The van der Waals surface area contributed by atoms with Gasteiger partial charge >= 0.3 is 0 Å².